The molecule has 0 unspecified atom stereocenters. The predicted molar refractivity (Wildman–Crippen MR) is 89.0 cm³/mol. The molecule has 0 aromatic carbocycles. The zero-order valence-electron chi connectivity index (χ0n) is 13.8. The van der Waals surface area contributed by atoms with Crippen LogP contribution in [0.15, 0.2) is 18.3 Å². The largest absolute Gasteiger partial charge is 0.478 e. The van der Waals surface area contributed by atoms with Gasteiger partial charge in [-0.3, -0.25) is 0 Å². The van der Waals surface area contributed by atoms with Crippen molar-refractivity contribution in [2.45, 2.75) is 32.9 Å². The minimum atomic E-state index is -4.40. The minimum absolute atomic E-state index is 0.150. The molecular formula is C16H18ClF3N4O. The molecule has 0 bridgehead atoms. The number of rotatable bonds is 7. The molecule has 0 saturated carbocycles. The molecule has 5 nitrogen and oxygen atoms in total. The lowest BCUT2D eigenvalue weighted by molar-refractivity contribution is -0.137. The molecule has 0 aliphatic carbocycles. The number of hydrogen-bond acceptors (Lipinski definition) is 5. The molecule has 0 amide bonds. The van der Waals surface area contributed by atoms with Crippen molar-refractivity contribution in [3.63, 3.8) is 0 Å². The first-order chi connectivity index (χ1) is 11.8. The summed E-state index contributed by atoms with van der Waals surface area (Å²) in [5, 5.41) is 3.61. The lowest BCUT2D eigenvalue weighted by atomic mass is 10.3. The number of aromatic nitrogens is 3. The summed E-state index contributed by atoms with van der Waals surface area (Å²) in [7, 11) is 0. The van der Waals surface area contributed by atoms with Crippen LogP contribution in [0.2, 0.25) is 5.02 Å². The van der Waals surface area contributed by atoms with Gasteiger partial charge in [-0.1, -0.05) is 18.5 Å². The van der Waals surface area contributed by atoms with Gasteiger partial charge < -0.3 is 10.1 Å². The Morgan fingerprint density at radius 3 is 2.60 bits per heavy atom. The average Bonchev–Trinajstić information content (AvgIpc) is 2.56. The molecule has 0 aliphatic heterocycles. The standard InChI is InChI=1S/C16H18ClF3N4O/c1-3-12-14(17)15(24-10(2)23-12)21-7-4-8-25-13-6-5-11(9-22-13)16(18,19)20/h5-6,9H,3-4,7-8H2,1-2H3,(H,21,23,24). The number of halogens is 4. The summed E-state index contributed by atoms with van der Waals surface area (Å²) in [6, 6.07) is 2.14. The summed E-state index contributed by atoms with van der Waals surface area (Å²) in [6.45, 7) is 4.59. The van der Waals surface area contributed by atoms with Crippen molar-refractivity contribution in [1.82, 2.24) is 15.0 Å². The van der Waals surface area contributed by atoms with E-state index in [-0.39, 0.29) is 5.88 Å². The lowest BCUT2D eigenvalue weighted by Gasteiger charge is -2.11. The monoisotopic (exact) mass is 374 g/mol. The Hall–Kier alpha value is -2.09. The van der Waals surface area contributed by atoms with E-state index in [0.29, 0.717) is 42.7 Å². The third kappa shape index (κ3) is 5.45. The first-order valence-electron chi connectivity index (χ1n) is 7.74. The number of pyridine rings is 1. The fourth-order valence-corrected chi connectivity index (χ4v) is 2.34. The topological polar surface area (TPSA) is 59.9 Å². The van der Waals surface area contributed by atoms with Gasteiger partial charge in [-0.25, -0.2) is 15.0 Å². The van der Waals surface area contributed by atoms with Gasteiger partial charge in [0.05, 0.1) is 17.9 Å². The maximum atomic E-state index is 12.4. The van der Waals surface area contributed by atoms with Gasteiger partial charge in [0.15, 0.2) is 0 Å². The highest BCUT2D eigenvalue weighted by Gasteiger charge is 2.30. The van der Waals surface area contributed by atoms with Gasteiger partial charge in [0.25, 0.3) is 0 Å². The van der Waals surface area contributed by atoms with Gasteiger partial charge in [0, 0.05) is 18.8 Å². The highest BCUT2D eigenvalue weighted by molar-refractivity contribution is 6.33. The molecule has 2 rings (SSSR count). The molecular weight excluding hydrogens is 357 g/mol. The van der Waals surface area contributed by atoms with Crippen LogP contribution >= 0.6 is 11.6 Å². The highest BCUT2D eigenvalue weighted by atomic mass is 35.5. The molecule has 2 aromatic heterocycles. The molecule has 9 heteroatoms. The summed E-state index contributed by atoms with van der Waals surface area (Å²) < 4.78 is 42.6. The molecule has 0 atom stereocenters. The normalized spacial score (nSPS) is 11.4. The number of ether oxygens (including phenoxy) is 1. The summed E-state index contributed by atoms with van der Waals surface area (Å²) in [4.78, 5) is 12.2. The van der Waals surface area contributed by atoms with Crippen molar-refractivity contribution in [2.75, 3.05) is 18.5 Å². The smallest absolute Gasteiger partial charge is 0.417 e. The Kier molecular flexibility index (Phi) is 6.41. The summed E-state index contributed by atoms with van der Waals surface area (Å²) >= 11 is 6.22. The molecule has 1 N–H and O–H groups in total. The number of hydrogen-bond donors (Lipinski definition) is 1. The molecule has 136 valence electrons. The summed E-state index contributed by atoms with van der Waals surface area (Å²) in [5.41, 5.74) is -0.0242. The highest BCUT2D eigenvalue weighted by Crippen LogP contribution is 2.29. The third-order valence-electron chi connectivity index (χ3n) is 3.29. The van der Waals surface area contributed by atoms with Crippen LogP contribution in [0.1, 0.15) is 30.4 Å². The van der Waals surface area contributed by atoms with E-state index in [9.17, 15) is 13.2 Å². The van der Waals surface area contributed by atoms with Gasteiger partial charge in [-0.2, -0.15) is 13.2 Å². The van der Waals surface area contributed by atoms with Gasteiger partial charge in [-0.05, 0) is 25.8 Å². The van der Waals surface area contributed by atoms with Crippen LogP contribution in [0.5, 0.6) is 5.88 Å². The SMILES string of the molecule is CCc1nc(C)nc(NCCCOc2ccc(C(F)(F)F)cn2)c1Cl. The molecule has 0 aliphatic rings. The zero-order valence-corrected chi connectivity index (χ0v) is 14.6. The summed E-state index contributed by atoms with van der Waals surface area (Å²) in [6.07, 6.45) is -2.34. The molecule has 0 spiro atoms. The first-order valence-corrected chi connectivity index (χ1v) is 8.12. The minimum Gasteiger partial charge on any atom is -0.478 e. The molecule has 0 saturated heterocycles. The fourth-order valence-electron chi connectivity index (χ4n) is 2.06. The maximum Gasteiger partial charge on any atom is 0.417 e. The second-order valence-corrected chi connectivity index (χ2v) is 5.62. The number of alkyl halides is 3. The Morgan fingerprint density at radius 1 is 1.24 bits per heavy atom. The number of nitrogens with zero attached hydrogens (tertiary/aromatic N) is 3. The number of nitrogens with one attached hydrogen (secondary N) is 1. The number of anilines is 1. The van der Waals surface area contributed by atoms with Crippen LogP contribution in [0.3, 0.4) is 0 Å². The van der Waals surface area contributed by atoms with Crippen LogP contribution in [-0.2, 0) is 12.6 Å². The molecule has 0 radical (unpaired) electrons. The van der Waals surface area contributed by atoms with Crippen LogP contribution in [0.25, 0.3) is 0 Å². The van der Waals surface area contributed by atoms with Gasteiger partial charge in [0.2, 0.25) is 5.88 Å². The predicted octanol–water partition coefficient (Wildman–Crippen LogP) is 4.30. The van der Waals surface area contributed by atoms with Crippen LogP contribution in [0, 0.1) is 6.92 Å². The second-order valence-electron chi connectivity index (χ2n) is 5.25. The average molecular weight is 375 g/mol. The van der Waals surface area contributed by atoms with E-state index < -0.39 is 11.7 Å². The van der Waals surface area contributed by atoms with Crippen LogP contribution < -0.4 is 10.1 Å². The lowest BCUT2D eigenvalue weighted by Crippen LogP contribution is -2.11. The molecule has 25 heavy (non-hydrogen) atoms. The van der Waals surface area contributed by atoms with E-state index in [1.807, 2.05) is 6.92 Å². The quantitative estimate of drug-likeness (QED) is 0.732. The molecule has 2 heterocycles. The van der Waals surface area contributed by atoms with Crippen LogP contribution in [-0.4, -0.2) is 28.1 Å². The first kappa shape index (κ1) is 19.2. The van der Waals surface area contributed by atoms with Crippen molar-refractivity contribution in [1.29, 1.82) is 0 Å². The summed E-state index contributed by atoms with van der Waals surface area (Å²) in [5.74, 6) is 1.35. The Balaban J connectivity index is 1.80. The molecule has 0 fully saturated rings. The Bertz CT molecular complexity index is 708. The van der Waals surface area contributed by atoms with Gasteiger partial charge in [-0.15, -0.1) is 0 Å². The van der Waals surface area contributed by atoms with Crippen molar-refractivity contribution in [2.24, 2.45) is 0 Å². The van der Waals surface area contributed by atoms with E-state index >= 15 is 0 Å². The van der Waals surface area contributed by atoms with E-state index in [4.69, 9.17) is 16.3 Å². The Labute approximate surface area is 148 Å². The van der Waals surface area contributed by atoms with E-state index in [2.05, 4.69) is 20.3 Å². The molecule has 2 aromatic rings. The Morgan fingerprint density at radius 2 is 2.00 bits per heavy atom. The number of aryl methyl sites for hydroxylation is 2. The van der Waals surface area contributed by atoms with Crippen molar-refractivity contribution >= 4 is 17.4 Å². The second kappa shape index (κ2) is 8.33. The maximum absolute atomic E-state index is 12.4. The third-order valence-corrected chi connectivity index (χ3v) is 3.69. The van der Waals surface area contributed by atoms with E-state index in [1.54, 1.807) is 6.92 Å². The van der Waals surface area contributed by atoms with Gasteiger partial charge >= 0.3 is 6.18 Å². The van der Waals surface area contributed by atoms with Crippen molar-refractivity contribution in [3.8, 4) is 5.88 Å². The van der Waals surface area contributed by atoms with Crippen molar-refractivity contribution < 1.29 is 17.9 Å². The fraction of sp³-hybridized carbons (Fsp3) is 0.438. The van der Waals surface area contributed by atoms with E-state index in [1.165, 1.54) is 6.07 Å². The van der Waals surface area contributed by atoms with E-state index in [0.717, 1.165) is 18.0 Å². The van der Waals surface area contributed by atoms with Crippen molar-refractivity contribution in [3.05, 3.63) is 40.4 Å². The van der Waals surface area contributed by atoms with Crippen LogP contribution in [0.4, 0.5) is 19.0 Å². The zero-order chi connectivity index (χ0) is 18.4. The van der Waals surface area contributed by atoms with Gasteiger partial charge in [0.1, 0.15) is 16.7 Å².